The topological polar surface area (TPSA) is 95.1 Å². The van der Waals surface area contributed by atoms with E-state index < -0.39 is 4.92 Å². The van der Waals surface area contributed by atoms with Gasteiger partial charge in [-0.2, -0.15) is 5.10 Å². The smallest absolute Gasteiger partial charge is 0.335 e. The van der Waals surface area contributed by atoms with Crippen molar-refractivity contribution < 1.29 is 19.3 Å². The standard InChI is InChI=1S/C10H15N5O5/c16-14(17)9-7-11-13(10(9)15-19-8-20-15)2-1-12-3-5-18-6-4-12/h7H,1-6,8H2. The molecule has 3 rings (SSSR count). The monoisotopic (exact) mass is 285 g/mol. The highest BCUT2D eigenvalue weighted by atomic mass is 17.1. The predicted octanol–water partition coefficient (Wildman–Crippen LogP) is -0.236. The van der Waals surface area contributed by atoms with Gasteiger partial charge in [0.25, 0.3) is 5.82 Å². The molecule has 0 radical (unpaired) electrons. The number of nitrogens with zero attached hydrogens (tertiary/aromatic N) is 5. The number of anilines is 1. The maximum atomic E-state index is 11.0. The van der Waals surface area contributed by atoms with Crippen LogP contribution in [0.4, 0.5) is 11.5 Å². The van der Waals surface area contributed by atoms with E-state index in [1.165, 1.54) is 10.9 Å². The van der Waals surface area contributed by atoms with E-state index in [2.05, 4.69) is 10.00 Å². The highest BCUT2D eigenvalue weighted by Gasteiger charge is 2.32. The Labute approximate surface area is 114 Å². The molecule has 2 saturated heterocycles. The molecular formula is C10H15N5O5. The minimum Gasteiger partial charge on any atom is -0.379 e. The molecule has 0 spiro atoms. The first kappa shape index (κ1) is 13.2. The summed E-state index contributed by atoms with van der Waals surface area (Å²) in [7, 11) is 0. The molecular weight excluding hydrogens is 270 g/mol. The van der Waals surface area contributed by atoms with Crippen molar-refractivity contribution in [3.05, 3.63) is 16.3 Å². The van der Waals surface area contributed by atoms with Gasteiger partial charge in [-0.05, 0) is 0 Å². The lowest BCUT2D eigenvalue weighted by molar-refractivity contribution is -0.386. The summed E-state index contributed by atoms with van der Waals surface area (Å²) in [5.41, 5.74) is -0.133. The molecule has 10 heteroatoms. The number of rotatable bonds is 5. The van der Waals surface area contributed by atoms with Crippen molar-refractivity contribution in [1.82, 2.24) is 14.7 Å². The first-order chi connectivity index (χ1) is 9.75. The van der Waals surface area contributed by atoms with Crippen molar-refractivity contribution in [2.45, 2.75) is 6.54 Å². The summed E-state index contributed by atoms with van der Waals surface area (Å²) in [5, 5.41) is 16.0. The number of nitro groups is 1. The third-order valence-corrected chi connectivity index (χ3v) is 3.23. The lowest BCUT2D eigenvalue weighted by atomic mass is 10.4. The molecule has 2 aliphatic heterocycles. The van der Waals surface area contributed by atoms with Crippen LogP contribution < -0.4 is 5.23 Å². The number of hydrogen-bond acceptors (Lipinski definition) is 8. The van der Waals surface area contributed by atoms with Crippen LogP contribution in [0.1, 0.15) is 0 Å². The Morgan fingerprint density at radius 3 is 2.65 bits per heavy atom. The fraction of sp³-hybridized carbons (Fsp3) is 0.700. The van der Waals surface area contributed by atoms with Gasteiger partial charge in [-0.3, -0.25) is 15.0 Å². The van der Waals surface area contributed by atoms with E-state index in [0.717, 1.165) is 24.9 Å². The average Bonchev–Trinajstić information content (AvgIpc) is 2.80. The van der Waals surface area contributed by atoms with E-state index >= 15 is 0 Å². The zero-order chi connectivity index (χ0) is 13.9. The van der Waals surface area contributed by atoms with Crippen molar-refractivity contribution in [3.63, 3.8) is 0 Å². The van der Waals surface area contributed by atoms with E-state index in [0.29, 0.717) is 19.8 Å². The summed E-state index contributed by atoms with van der Waals surface area (Å²) in [5.74, 6) is 0.217. The lowest BCUT2D eigenvalue weighted by Gasteiger charge is -2.30. The molecule has 0 N–H and O–H groups in total. The van der Waals surface area contributed by atoms with Crippen molar-refractivity contribution in [2.24, 2.45) is 0 Å². The molecule has 0 amide bonds. The lowest BCUT2D eigenvalue weighted by Crippen LogP contribution is -2.40. The summed E-state index contributed by atoms with van der Waals surface area (Å²) in [4.78, 5) is 22.7. The van der Waals surface area contributed by atoms with Crippen LogP contribution in [0.2, 0.25) is 0 Å². The Balaban J connectivity index is 1.70. The van der Waals surface area contributed by atoms with E-state index in [-0.39, 0.29) is 18.3 Å². The summed E-state index contributed by atoms with van der Waals surface area (Å²) < 4.78 is 6.79. The summed E-state index contributed by atoms with van der Waals surface area (Å²) in [6.07, 6.45) is 1.21. The maximum Gasteiger partial charge on any atom is 0.335 e. The Morgan fingerprint density at radius 2 is 2.05 bits per heavy atom. The van der Waals surface area contributed by atoms with Gasteiger partial charge in [-0.15, -0.1) is 0 Å². The Bertz CT molecular complexity index is 482. The highest BCUT2D eigenvalue weighted by Crippen LogP contribution is 2.31. The molecule has 2 aliphatic rings. The van der Waals surface area contributed by atoms with Crippen LogP contribution in [-0.2, 0) is 21.0 Å². The zero-order valence-electron chi connectivity index (χ0n) is 10.8. The summed E-state index contributed by atoms with van der Waals surface area (Å²) in [6, 6.07) is 0. The second-order valence-electron chi connectivity index (χ2n) is 4.42. The van der Waals surface area contributed by atoms with Gasteiger partial charge >= 0.3 is 5.69 Å². The van der Waals surface area contributed by atoms with Crippen LogP contribution in [0, 0.1) is 10.1 Å². The van der Waals surface area contributed by atoms with E-state index in [4.69, 9.17) is 14.4 Å². The maximum absolute atomic E-state index is 11.0. The minimum absolute atomic E-state index is 0.0891. The van der Waals surface area contributed by atoms with Crippen molar-refractivity contribution >= 4 is 11.5 Å². The number of morpholine rings is 1. The van der Waals surface area contributed by atoms with Gasteiger partial charge in [0.05, 0.1) is 24.7 Å². The minimum atomic E-state index is -0.501. The predicted molar refractivity (Wildman–Crippen MR) is 65.7 cm³/mol. The third kappa shape index (κ3) is 2.58. The van der Waals surface area contributed by atoms with Crippen molar-refractivity contribution in [3.8, 4) is 0 Å². The van der Waals surface area contributed by atoms with Gasteiger partial charge < -0.3 is 4.74 Å². The molecule has 10 nitrogen and oxygen atoms in total. The van der Waals surface area contributed by atoms with E-state index in [1.807, 2.05) is 0 Å². The Kier molecular flexibility index (Phi) is 3.78. The van der Waals surface area contributed by atoms with Crippen molar-refractivity contribution in [2.75, 3.05) is 44.9 Å². The largest absolute Gasteiger partial charge is 0.379 e. The molecule has 110 valence electrons. The molecule has 0 saturated carbocycles. The normalized spacial score (nSPS) is 19.9. The second-order valence-corrected chi connectivity index (χ2v) is 4.42. The van der Waals surface area contributed by atoms with Crippen molar-refractivity contribution in [1.29, 1.82) is 0 Å². The fourth-order valence-electron chi connectivity index (χ4n) is 2.14. The second kappa shape index (κ2) is 5.71. The molecule has 1 aromatic rings. The SMILES string of the molecule is O=[N+]([O-])c1cnn(CCN2CCOCC2)c1N1OCO1. The van der Waals surface area contributed by atoms with E-state index in [9.17, 15) is 10.1 Å². The average molecular weight is 285 g/mol. The molecule has 3 heterocycles. The van der Waals surface area contributed by atoms with Crippen LogP contribution in [0.3, 0.4) is 0 Å². The van der Waals surface area contributed by atoms with Crippen LogP contribution in [-0.4, -0.2) is 59.2 Å². The zero-order valence-corrected chi connectivity index (χ0v) is 10.8. The number of ether oxygens (including phenoxy) is 1. The molecule has 20 heavy (non-hydrogen) atoms. The first-order valence-corrected chi connectivity index (χ1v) is 6.32. The quantitative estimate of drug-likeness (QED) is 0.540. The van der Waals surface area contributed by atoms with Gasteiger partial charge in [-0.25, -0.2) is 14.4 Å². The number of aromatic nitrogens is 2. The van der Waals surface area contributed by atoms with Gasteiger partial charge in [0.2, 0.25) is 6.79 Å². The Hall–Kier alpha value is -1.75. The van der Waals surface area contributed by atoms with Crippen LogP contribution in [0.5, 0.6) is 0 Å². The van der Waals surface area contributed by atoms with Crippen LogP contribution >= 0.6 is 0 Å². The van der Waals surface area contributed by atoms with Gasteiger partial charge in [0, 0.05) is 19.6 Å². The molecule has 1 aromatic heterocycles. The summed E-state index contributed by atoms with van der Waals surface area (Å²) in [6.45, 7) is 4.49. The summed E-state index contributed by atoms with van der Waals surface area (Å²) >= 11 is 0. The Morgan fingerprint density at radius 1 is 1.30 bits per heavy atom. The molecule has 0 atom stereocenters. The molecule has 0 unspecified atom stereocenters. The molecule has 0 aliphatic carbocycles. The van der Waals surface area contributed by atoms with Gasteiger partial charge in [-0.1, -0.05) is 5.23 Å². The molecule has 0 aromatic carbocycles. The fourth-order valence-corrected chi connectivity index (χ4v) is 2.14. The van der Waals surface area contributed by atoms with Gasteiger partial charge in [0.15, 0.2) is 0 Å². The third-order valence-electron chi connectivity index (χ3n) is 3.23. The molecule has 2 fully saturated rings. The van der Waals surface area contributed by atoms with Gasteiger partial charge in [0.1, 0.15) is 6.20 Å². The van der Waals surface area contributed by atoms with Crippen LogP contribution in [0.15, 0.2) is 6.20 Å². The van der Waals surface area contributed by atoms with E-state index in [1.54, 1.807) is 0 Å². The van der Waals surface area contributed by atoms with Crippen LogP contribution in [0.25, 0.3) is 0 Å². The highest BCUT2D eigenvalue weighted by molar-refractivity contribution is 5.54. The molecule has 0 bridgehead atoms. The first-order valence-electron chi connectivity index (χ1n) is 6.32. The number of hydrogen-bond donors (Lipinski definition) is 0.